The third-order valence-corrected chi connectivity index (χ3v) is 4.19. The number of carbonyl (C=O) groups is 1. The van der Waals surface area contributed by atoms with Crippen LogP contribution in [-0.4, -0.2) is 33.0 Å². The molecule has 0 fully saturated rings. The molecule has 5 heteroatoms. The van der Waals surface area contributed by atoms with Crippen molar-refractivity contribution in [1.82, 2.24) is 9.88 Å². The number of carboxylic acids is 1. The van der Waals surface area contributed by atoms with E-state index in [4.69, 9.17) is 11.6 Å². The molecule has 21 heavy (non-hydrogen) atoms. The Balaban J connectivity index is 2.44. The molecular formula is C16H19ClN2O2. The molecule has 2 rings (SSSR count). The predicted molar refractivity (Wildman–Crippen MR) is 84.6 cm³/mol. The fourth-order valence-electron chi connectivity index (χ4n) is 2.37. The van der Waals surface area contributed by atoms with Gasteiger partial charge in [0.2, 0.25) is 0 Å². The van der Waals surface area contributed by atoms with Crippen molar-refractivity contribution in [2.24, 2.45) is 0 Å². The molecule has 1 aromatic heterocycles. The molecule has 0 aliphatic heterocycles. The number of hydrogen-bond acceptors (Lipinski definition) is 3. The average Bonchev–Trinajstić information content (AvgIpc) is 2.46. The highest BCUT2D eigenvalue weighted by atomic mass is 35.5. The first kappa shape index (κ1) is 15.7. The lowest BCUT2D eigenvalue weighted by molar-refractivity contribution is -0.149. The van der Waals surface area contributed by atoms with E-state index in [-0.39, 0.29) is 0 Å². The number of hydrogen-bond donors (Lipinski definition) is 1. The highest BCUT2D eigenvalue weighted by molar-refractivity contribution is 6.35. The SMILES string of the molecule is CCN(Cc1ccc(Cl)c2cccnc12)C(C)(C)C(=O)O. The van der Waals surface area contributed by atoms with Crippen molar-refractivity contribution in [2.75, 3.05) is 6.54 Å². The zero-order valence-electron chi connectivity index (χ0n) is 12.4. The fraction of sp³-hybridized carbons (Fsp3) is 0.375. The lowest BCUT2D eigenvalue weighted by Crippen LogP contribution is -2.49. The molecule has 0 aliphatic rings. The molecule has 0 spiro atoms. The molecule has 112 valence electrons. The van der Waals surface area contributed by atoms with Crippen molar-refractivity contribution in [3.63, 3.8) is 0 Å². The Labute approximate surface area is 129 Å². The lowest BCUT2D eigenvalue weighted by Gasteiger charge is -2.34. The Morgan fingerprint density at radius 3 is 2.71 bits per heavy atom. The monoisotopic (exact) mass is 306 g/mol. The number of aliphatic carboxylic acids is 1. The summed E-state index contributed by atoms with van der Waals surface area (Å²) < 4.78 is 0. The topological polar surface area (TPSA) is 53.4 Å². The van der Waals surface area contributed by atoms with Gasteiger partial charge in [0.05, 0.1) is 5.52 Å². The number of carboxylic acid groups (broad SMARTS) is 1. The number of nitrogens with zero attached hydrogens (tertiary/aromatic N) is 2. The van der Waals surface area contributed by atoms with Gasteiger partial charge in [0, 0.05) is 23.2 Å². The van der Waals surface area contributed by atoms with Gasteiger partial charge < -0.3 is 5.11 Å². The minimum Gasteiger partial charge on any atom is -0.480 e. The maximum atomic E-state index is 11.5. The molecule has 0 bridgehead atoms. The second-order valence-corrected chi connectivity index (χ2v) is 5.89. The summed E-state index contributed by atoms with van der Waals surface area (Å²) in [6.45, 7) is 6.53. The summed E-state index contributed by atoms with van der Waals surface area (Å²) >= 11 is 6.19. The zero-order valence-corrected chi connectivity index (χ0v) is 13.2. The van der Waals surface area contributed by atoms with Gasteiger partial charge in [0.1, 0.15) is 5.54 Å². The van der Waals surface area contributed by atoms with Crippen LogP contribution in [0.1, 0.15) is 26.3 Å². The van der Waals surface area contributed by atoms with E-state index in [1.165, 1.54) is 0 Å². The average molecular weight is 307 g/mol. The summed E-state index contributed by atoms with van der Waals surface area (Å²) in [7, 11) is 0. The molecule has 0 radical (unpaired) electrons. The van der Waals surface area contributed by atoms with Crippen molar-refractivity contribution < 1.29 is 9.90 Å². The van der Waals surface area contributed by atoms with Gasteiger partial charge in [-0.3, -0.25) is 14.7 Å². The second-order valence-electron chi connectivity index (χ2n) is 5.48. The third kappa shape index (κ3) is 3.01. The smallest absolute Gasteiger partial charge is 0.323 e. The number of likely N-dealkylation sites (N-methyl/N-ethyl adjacent to an activating group) is 1. The number of benzene rings is 1. The van der Waals surface area contributed by atoms with Gasteiger partial charge in [-0.2, -0.15) is 0 Å². The van der Waals surface area contributed by atoms with Crippen molar-refractivity contribution in [1.29, 1.82) is 0 Å². The number of rotatable bonds is 5. The summed E-state index contributed by atoms with van der Waals surface area (Å²) in [5.41, 5.74) is 0.867. The van der Waals surface area contributed by atoms with Crippen LogP contribution in [0.4, 0.5) is 0 Å². The minimum atomic E-state index is -0.935. The van der Waals surface area contributed by atoms with E-state index < -0.39 is 11.5 Å². The Bertz CT molecular complexity index is 670. The molecule has 0 saturated heterocycles. The van der Waals surface area contributed by atoms with Crippen LogP contribution >= 0.6 is 11.6 Å². The van der Waals surface area contributed by atoms with Gasteiger partial charge in [0.25, 0.3) is 0 Å². The molecule has 1 N–H and O–H groups in total. The van der Waals surface area contributed by atoms with Gasteiger partial charge in [-0.1, -0.05) is 24.6 Å². The molecule has 1 aromatic carbocycles. The largest absolute Gasteiger partial charge is 0.480 e. The number of fused-ring (bicyclic) bond motifs is 1. The van der Waals surface area contributed by atoms with Crippen LogP contribution in [0.5, 0.6) is 0 Å². The summed E-state index contributed by atoms with van der Waals surface area (Å²) in [4.78, 5) is 17.8. The van der Waals surface area contributed by atoms with Crippen LogP contribution < -0.4 is 0 Å². The van der Waals surface area contributed by atoms with E-state index in [0.717, 1.165) is 16.5 Å². The Morgan fingerprint density at radius 1 is 1.38 bits per heavy atom. The van der Waals surface area contributed by atoms with Gasteiger partial charge in [-0.05, 0) is 44.2 Å². The van der Waals surface area contributed by atoms with Gasteiger partial charge in [-0.25, -0.2) is 0 Å². The number of pyridine rings is 1. The van der Waals surface area contributed by atoms with Crippen molar-refractivity contribution in [2.45, 2.75) is 32.9 Å². The van der Waals surface area contributed by atoms with Crippen molar-refractivity contribution in [3.05, 3.63) is 41.0 Å². The third-order valence-electron chi connectivity index (χ3n) is 3.86. The maximum Gasteiger partial charge on any atom is 0.323 e. The van der Waals surface area contributed by atoms with E-state index >= 15 is 0 Å². The first-order valence-corrected chi connectivity index (χ1v) is 7.26. The molecule has 2 aromatic rings. The molecule has 0 amide bonds. The molecular weight excluding hydrogens is 288 g/mol. The molecule has 4 nitrogen and oxygen atoms in total. The number of aromatic nitrogens is 1. The zero-order chi connectivity index (χ0) is 15.6. The molecule has 0 saturated carbocycles. The van der Waals surface area contributed by atoms with Crippen LogP contribution in [0, 0.1) is 0 Å². The molecule has 0 aliphatic carbocycles. The normalized spacial score (nSPS) is 12.0. The van der Waals surface area contributed by atoms with E-state index in [0.29, 0.717) is 18.1 Å². The highest BCUT2D eigenvalue weighted by Gasteiger charge is 2.33. The number of halogens is 1. The first-order chi connectivity index (χ1) is 9.87. The van der Waals surface area contributed by atoms with E-state index in [9.17, 15) is 9.90 Å². The fourth-order valence-corrected chi connectivity index (χ4v) is 2.59. The van der Waals surface area contributed by atoms with Gasteiger partial charge in [-0.15, -0.1) is 0 Å². The van der Waals surface area contributed by atoms with E-state index in [1.807, 2.05) is 36.1 Å². The van der Waals surface area contributed by atoms with Crippen LogP contribution in [0.25, 0.3) is 10.9 Å². The van der Waals surface area contributed by atoms with Gasteiger partial charge >= 0.3 is 5.97 Å². The molecule has 1 heterocycles. The van der Waals surface area contributed by atoms with Crippen LogP contribution in [0.3, 0.4) is 0 Å². The summed E-state index contributed by atoms with van der Waals surface area (Å²) in [5.74, 6) is -0.837. The van der Waals surface area contributed by atoms with Crippen molar-refractivity contribution >= 4 is 28.5 Å². The van der Waals surface area contributed by atoms with Crippen LogP contribution in [0.15, 0.2) is 30.5 Å². The van der Waals surface area contributed by atoms with Crippen LogP contribution in [-0.2, 0) is 11.3 Å². The van der Waals surface area contributed by atoms with E-state index in [1.54, 1.807) is 20.0 Å². The predicted octanol–water partition coefficient (Wildman–Crippen LogP) is 3.57. The summed E-state index contributed by atoms with van der Waals surface area (Å²) in [6, 6.07) is 7.52. The maximum absolute atomic E-state index is 11.5. The standard InChI is InChI=1S/C16H19ClN2O2/c1-4-19(16(2,3)15(20)21)10-11-7-8-13(17)12-6-5-9-18-14(11)12/h5-9H,4,10H2,1-3H3,(H,20,21). The van der Waals surface area contributed by atoms with E-state index in [2.05, 4.69) is 4.98 Å². The lowest BCUT2D eigenvalue weighted by atomic mass is 10.0. The summed E-state index contributed by atoms with van der Waals surface area (Å²) in [5, 5.41) is 10.9. The van der Waals surface area contributed by atoms with Gasteiger partial charge in [0.15, 0.2) is 0 Å². The first-order valence-electron chi connectivity index (χ1n) is 6.88. The van der Waals surface area contributed by atoms with Crippen LogP contribution in [0.2, 0.25) is 5.02 Å². The Morgan fingerprint density at radius 2 is 2.10 bits per heavy atom. The second kappa shape index (κ2) is 6.00. The quantitative estimate of drug-likeness (QED) is 0.917. The molecule has 0 atom stereocenters. The minimum absolute atomic E-state index is 0.514. The van der Waals surface area contributed by atoms with Crippen molar-refractivity contribution in [3.8, 4) is 0 Å². The summed E-state index contributed by atoms with van der Waals surface area (Å²) in [6.07, 6.45) is 1.72. The molecule has 0 unspecified atom stereocenters. The Hall–Kier alpha value is -1.65. The highest BCUT2D eigenvalue weighted by Crippen LogP contribution is 2.27. The Kier molecular flexibility index (Phi) is 4.49.